The standard InChI is InChI=1S/C30H33N3O7S2/c31-33-32-25-20-41(21-26-28(42(34,35)36)19-39-30(40-26)24-14-8-3-9-15-24)27(18-37-16-22-10-4-1-5-11-22)29(25)38-17-23-12-6-2-7-13-23/h1-15,25-30H,16-21H2/p+1/t25-,26-,27-,28+,29+,30?,41?/m1/s1. The molecule has 7 atom stereocenters. The highest BCUT2D eigenvalue weighted by Gasteiger charge is 2.54. The van der Waals surface area contributed by atoms with E-state index in [1.165, 1.54) is 0 Å². The van der Waals surface area contributed by atoms with Crippen LogP contribution >= 0.6 is 0 Å². The Morgan fingerprint density at radius 3 is 2.19 bits per heavy atom. The van der Waals surface area contributed by atoms with Gasteiger partial charge in [0.1, 0.15) is 35.0 Å². The van der Waals surface area contributed by atoms with E-state index in [2.05, 4.69) is 10.0 Å². The SMILES string of the molecule is [N-]=[N+]=N[C@@H]1C[S+](C[C@H]2OC(c3ccccc3)OC[C@@H]2S(=O)(=O)O)[C@H](COCc2ccccc2)[C@H]1OCc1ccccc1. The summed E-state index contributed by atoms with van der Waals surface area (Å²) in [5.41, 5.74) is 12.1. The first-order chi connectivity index (χ1) is 20.4. The summed E-state index contributed by atoms with van der Waals surface area (Å²) in [6.45, 7) is 0.830. The largest absolute Gasteiger partial charge is 0.371 e. The lowest BCUT2D eigenvalue weighted by Gasteiger charge is -2.34. The second kappa shape index (κ2) is 14.5. The molecule has 3 aromatic carbocycles. The molecule has 0 radical (unpaired) electrons. The quantitative estimate of drug-likeness (QED) is 0.101. The Balaban J connectivity index is 1.38. The van der Waals surface area contributed by atoms with E-state index in [1.807, 2.05) is 91.0 Å². The Morgan fingerprint density at radius 2 is 1.57 bits per heavy atom. The fourth-order valence-electron chi connectivity index (χ4n) is 5.27. The molecule has 0 bridgehead atoms. The lowest BCUT2D eigenvalue weighted by molar-refractivity contribution is -0.209. The molecular formula is C30H34N3O7S2+. The molecule has 2 saturated heterocycles. The zero-order valence-corrected chi connectivity index (χ0v) is 24.6. The number of ether oxygens (including phenoxy) is 4. The van der Waals surface area contributed by atoms with Crippen molar-refractivity contribution < 1.29 is 31.9 Å². The maximum atomic E-state index is 12.4. The van der Waals surface area contributed by atoms with Crippen molar-refractivity contribution >= 4 is 21.0 Å². The maximum absolute atomic E-state index is 12.4. The molecule has 2 unspecified atom stereocenters. The molecule has 10 nitrogen and oxygen atoms in total. The average molecular weight is 613 g/mol. The third-order valence-corrected chi connectivity index (χ3v) is 11.4. The van der Waals surface area contributed by atoms with Crippen molar-refractivity contribution in [2.45, 2.75) is 48.3 Å². The van der Waals surface area contributed by atoms with E-state index in [4.69, 9.17) is 18.9 Å². The molecule has 0 spiro atoms. The van der Waals surface area contributed by atoms with Crippen molar-refractivity contribution in [2.24, 2.45) is 5.11 Å². The predicted molar refractivity (Wildman–Crippen MR) is 160 cm³/mol. The van der Waals surface area contributed by atoms with Gasteiger partial charge in [0.05, 0.1) is 26.4 Å². The molecule has 0 aliphatic carbocycles. The van der Waals surface area contributed by atoms with E-state index >= 15 is 0 Å². The molecule has 2 aliphatic heterocycles. The summed E-state index contributed by atoms with van der Waals surface area (Å²) >= 11 is 0. The van der Waals surface area contributed by atoms with E-state index in [1.54, 1.807) is 0 Å². The molecular weight excluding hydrogens is 578 g/mol. The molecule has 0 saturated carbocycles. The van der Waals surface area contributed by atoms with Crippen LogP contribution in [0, 0.1) is 0 Å². The third kappa shape index (κ3) is 7.91. The summed E-state index contributed by atoms with van der Waals surface area (Å²) in [6.07, 6.45) is -2.07. The first-order valence-corrected chi connectivity index (χ1v) is 16.8. The van der Waals surface area contributed by atoms with Gasteiger partial charge in [-0.3, -0.25) is 4.55 Å². The molecule has 2 fully saturated rings. The van der Waals surface area contributed by atoms with Gasteiger partial charge in [0.2, 0.25) is 0 Å². The van der Waals surface area contributed by atoms with Crippen LogP contribution in [0.5, 0.6) is 0 Å². The fourth-order valence-corrected chi connectivity index (χ4v) is 9.17. The van der Waals surface area contributed by atoms with Crippen LogP contribution in [0.2, 0.25) is 0 Å². The van der Waals surface area contributed by atoms with Crippen LogP contribution in [0.25, 0.3) is 10.4 Å². The van der Waals surface area contributed by atoms with Gasteiger partial charge in [-0.2, -0.15) is 8.42 Å². The van der Waals surface area contributed by atoms with Crippen molar-refractivity contribution in [2.75, 3.05) is 24.7 Å². The highest BCUT2D eigenvalue weighted by atomic mass is 32.2. The molecule has 12 heteroatoms. The monoisotopic (exact) mass is 612 g/mol. The number of hydrogen-bond acceptors (Lipinski definition) is 7. The minimum Gasteiger partial charge on any atom is -0.371 e. The van der Waals surface area contributed by atoms with Crippen molar-refractivity contribution in [3.05, 3.63) is 118 Å². The molecule has 0 amide bonds. The summed E-state index contributed by atoms with van der Waals surface area (Å²) in [5.74, 6) is 0.789. The second-order valence-corrected chi connectivity index (χ2v) is 14.2. The van der Waals surface area contributed by atoms with Crippen LogP contribution in [0.4, 0.5) is 0 Å². The highest BCUT2D eigenvalue weighted by molar-refractivity contribution is 7.98. The highest BCUT2D eigenvalue weighted by Crippen LogP contribution is 2.35. The number of azide groups is 1. The van der Waals surface area contributed by atoms with Gasteiger partial charge in [-0.15, -0.1) is 0 Å². The van der Waals surface area contributed by atoms with Gasteiger partial charge in [-0.05, 0) is 27.6 Å². The second-order valence-electron chi connectivity index (χ2n) is 10.2. The molecule has 3 aromatic rings. The van der Waals surface area contributed by atoms with Gasteiger partial charge >= 0.3 is 0 Å². The Hall–Kier alpha value is -2.93. The Morgan fingerprint density at radius 1 is 0.952 bits per heavy atom. The van der Waals surface area contributed by atoms with E-state index < -0.39 is 50.8 Å². The molecule has 5 rings (SSSR count). The molecule has 42 heavy (non-hydrogen) atoms. The number of hydrogen-bond donors (Lipinski definition) is 1. The van der Waals surface area contributed by atoms with Gasteiger partial charge in [-0.1, -0.05) is 96.1 Å². The maximum Gasteiger partial charge on any atom is 0.272 e. The van der Waals surface area contributed by atoms with Crippen molar-refractivity contribution in [1.29, 1.82) is 0 Å². The molecule has 1 N–H and O–H groups in total. The summed E-state index contributed by atoms with van der Waals surface area (Å²) < 4.78 is 59.4. The molecule has 2 aliphatic rings. The van der Waals surface area contributed by atoms with E-state index in [0.29, 0.717) is 31.3 Å². The molecule has 222 valence electrons. The Bertz CT molecular complexity index is 1430. The minimum atomic E-state index is -4.47. The summed E-state index contributed by atoms with van der Waals surface area (Å²) in [5, 5.41) is 2.63. The minimum absolute atomic E-state index is 0.198. The first-order valence-electron chi connectivity index (χ1n) is 13.7. The lowest BCUT2D eigenvalue weighted by atomic mass is 10.1. The van der Waals surface area contributed by atoms with Crippen molar-refractivity contribution in [3.63, 3.8) is 0 Å². The summed E-state index contributed by atoms with van der Waals surface area (Å²) in [6, 6.07) is 28.3. The third-order valence-electron chi connectivity index (χ3n) is 7.40. The average Bonchev–Trinajstić information content (AvgIpc) is 3.32. The van der Waals surface area contributed by atoms with Gasteiger partial charge in [0.25, 0.3) is 10.1 Å². The van der Waals surface area contributed by atoms with Gasteiger partial charge in [-0.25, -0.2) is 0 Å². The van der Waals surface area contributed by atoms with Crippen LogP contribution in [0.1, 0.15) is 23.0 Å². The summed E-state index contributed by atoms with van der Waals surface area (Å²) in [4.78, 5) is 3.09. The van der Waals surface area contributed by atoms with Crippen LogP contribution < -0.4 is 0 Å². The zero-order valence-electron chi connectivity index (χ0n) is 22.9. The number of rotatable bonds is 12. The fraction of sp³-hybridized carbons (Fsp3) is 0.400. The smallest absolute Gasteiger partial charge is 0.272 e. The van der Waals surface area contributed by atoms with E-state index in [0.717, 1.165) is 16.7 Å². The van der Waals surface area contributed by atoms with E-state index in [9.17, 15) is 18.5 Å². The first kappa shape index (κ1) is 30.5. The van der Waals surface area contributed by atoms with Crippen molar-refractivity contribution in [3.8, 4) is 0 Å². The van der Waals surface area contributed by atoms with Gasteiger partial charge < -0.3 is 18.9 Å². The van der Waals surface area contributed by atoms with E-state index in [-0.39, 0.29) is 11.9 Å². The molecule has 2 heterocycles. The van der Waals surface area contributed by atoms with Gasteiger partial charge in [0.15, 0.2) is 11.5 Å². The normalized spacial score (nSPS) is 27.8. The van der Waals surface area contributed by atoms with Crippen LogP contribution in [-0.4, -0.2) is 66.4 Å². The summed E-state index contributed by atoms with van der Waals surface area (Å²) in [7, 11) is -5.00. The number of benzene rings is 3. The topological polar surface area (TPSA) is 140 Å². The van der Waals surface area contributed by atoms with Crippen LogP contribution in [0.15, 0.2) is 96.1 Å². The van der Waals surface area contributed by atoms with Crippen LogP contribution in [0.3, 0.4) is 0 Å². The predicted octanol–water partition coefficient (Wildman–Crippen LogP) is 4.84. The molecule has 0 aromatic heterocycles. The van der Waals surface area contributed by atoms with Crippen LogP contribution in [-0.2, 0) is 53.2 Å². The number of nitrogens with zero attached hydrogens (tertiary/aromatic N) is 3. The van der Waals surface area contributed by atoms with Crippen molar-refractivity contribution in [1.82, 2.24) is 0 Å². The lowest BCUT2D eigenvalue weighted by Crippen LogP contribution is -2.50. The Kier molecular flexibility index (Phi) is 10.5. The Labute approximate surface area is 248 Å². The zero-order chi connectivity index (χ0) is 29.4. The van der Waals surface area contributed by atoms with Gasteiger partial charge in [0, 0.05) is 10.5 Å².